The third-order valence-corrected chi connectivity index (χ3v) is 5.12. The van der Waals surface area contributed by atoms with Crippen molar-refractivity contribution in [2.45, 2.75) is 32.1 Å². The number of nitrogens with zero attached hydrogens (tertiary/aromatic N) is 2. The molecular formula is C18H23N3O3. The van der Waals surface area contributed by atoms with Crippen molar-refractivity contribution in [2.24, 2.45) is 11.7 Å². The zero-order valence-corrected chi connectivity index (χ0v) is 13.9. The maximum atomic E-state index is 12.6. The zero-order chi connectivity index (χ0) is 17.3. The summed E-state index contributed by atoms with van der Waals surface area (Å²) < 4.78 is 0. The number of carbonyl (C=O) groups is 3. The van der Waals surface area contributed by atoms with Gasteiger partial charge in [-0.25, -0.2) is 0 Å². The molecule has 1 unspecified atom stereocenters. The summed E-state index contributed by atoms with van der Waals surface area (Å²) in [6, 6.07) is 7.78. The third-order valence-electron chi connectivity index (χ3n) is 5.12. The zero-order valence-electron chi connectivity index (χ0n) is 13.9. The molecule has 2 aliphatic heterocycles. The third kappa shape index (κ3) is 3.13. The Morgan fingerprint density at radius 1 is 1.17 bits per heavy atom. The Morgan fingerprint density at radius 3 is 2.46 bits per heavy atom. The summed E-state index contributed by atoms with van der Waals surface area (Å²) >= 11 is 0. The average molecular weight is 329 g/mol. The smallest absolute Gasteiger partial charge is 0.223 e. The minimum Gasteiger partial charge on any atom is -0.369 e. The summed E-state index contributed by atoms with van der Waals surface area (Å²) in [5, 5.41) is 0. The van der Waals surface area contributed by atoms with Gasteiger partial charge < -0.3 is 15.5 Å². The second kappa shape index (κ2) is 6.63. The van der Waals surface area contributed by atoms with E-state index >= 15 is 0 Å². The van der Waals surface area contributed by atoms with E-state index in [0.717, 1.165) is 11.3 Å². The molecule has 0 spiro atoms. The highest BCUT2D eigenvalue weighted by molar-refractivity contribution is 5.94. The predicted molar refractivity (Wildman–Crippen MR) is 90.3 cm³/mol. The molecule has 1 atom stereocenters. The molecule has 0 radical (unpaired) electrons. The average Bonchev–Trinajstić information content (AvgIpc) is 2.94. The van der Waals surface area contributed by atoms with Gasteiger partial charge in [-0.1, -0.05) is 18.2 Å². The van der Waals surface area contributed by atoms with Gasteiger partial charge in [-0.05, 0) is 24.5 Å². The van der Waals surface area contributed by atoms with Gasteiger partial charge in [0.1, 0.15) is 0 Å². The molecule has 6 nitrogen and oxygen atoms in total. The van der Waals surface area contributed by atoms with E-state index in [1.807, 2.05) is 29.2 Å². The fourth-order valence-electron chi connectivity index (χ4n) is 3.72. The molecule has 1 fully saturated rings. The first-order valence-corrected chi connectivity index (χ1v) is 8.41. The van der Waals surface area contributed by atoms with Gasteiger partial charge in [0.15, 0.2) is 0 Å². The molecule has 3 amide bonds. The van der Waals surface area contributed by atoms with E-state index in [1.54, 1.807) is 11.8 Å². The van der Waals surface area contributed by atoms with E-state index < -0.39 is 0 Å². The fourth-order valence-corrected chi connectivity index (χ4v) is 3.72. The number of amides is 3. The molecule has 0 aromatic heterocycles. The second-order valence-corrected chi connectivity index (χ2v) is 6.65. The van der Waals surface area contributed by atoms with E-state index in [0.29, 0.717) is 38.9 Å². The van der Waals surface area contributed by atoms with Crippen molar-refractivity contribution in [3.05, 3.63) is 29.8 Å². The van der Waals surface area contributed by atoms with Gasteiger partial charge in [-0.3, -0.25) is 14.4 Å². The van der Waals surface area contributed by atoms with Crippen LogP contribution in [0.25, 0.3) is 0 Å². The number of para-hydroxylation sites is 1. The lowest BCUT2D eigenvalue weighted by Gasteiger charge is -2.31. The number of benzene rings is 1. The number of hydrogen-bond acceptors (Lipinski definition) is 3. The van der Waals surface area contributed by atoms with Gasteiger partial charge in [0.25, 0.3) is 0 Å². The van der Waals surface area contributed by atoms with Crippen LogP contribution in [0.15, 0.2) is 24.3 Å². The van der Waals surface area contributed by atoms with Gasteiger partial charge >= 0.3 is 0 Å². The lowest BCUT2D eigenvalue weighted by molar-refractivity contribution is -0.135. The number of anilines is 1. The van der Waals surface area contributed by atoms with Crippen LogP contribution in [0.3, 0.4) is 0 Å². The minimum atomic E-state index is -0.274. The summed E-state index contributed by atoms with van der Waals surface area (Å²) in [6.45, 7) is 3.27. The Bertz CT molecular complexity index is 665. The molecule has 128 valence electrons. The van der Waals surface area contributed by atoms with E-state index in [4.69, 9.17) is 5.73 Å². The first-order chi connectivity index (χ1) is 11.5. The number of fused-ring (bicyclic) bond motifs is 1. The standard InChI is InChI=1S/C18H23N3O3/c1-12(22)21-11-14(15-4-2-3-5-16(15)21)10-17(23)20-8-6-13(7-9-20)18(19)24/h2-5,13-14H,6-11H2,1H3,(H2,19,24). The highest BCUT2D eigenvalue weighted by atomic mass is 16.2. The Balaban J connectivity index is 1.65. The van der Waals surface area contributed by atoms with Crippen molar-refractivity contribution in [1.82, 2.24) is 4.90 Å². The lowest BCUT2D eigenvalue weighted by Crippen LogP contribution is -2.42. The van der Waals surface area contributed by atoms with E-state index in [1.165, 1.54) is 0 Å². The highest BCUT2D eigenvalue weighted by Gasteiger charge is 2.34. The molecule has 3 rings (SSSR count). The van der Waals surface area contributed by atoms with Crippen LogP contribution in [0.2, 0.25) is 0 Å². The topological polar surface area (TPSA) is 83.7 Å². The Hall–Kier alpha value is -2.37. The largest absolute Gasteiger partial charge is 0.369 e. The molecule has 1 aromatic rings. The van der Waals surface area contributed by atoms with Crippen LogP contribution in [0.5, 0.6) is 0 Å². The summed E-state index contributed by atoms with van der Waals surface area (Å²) in [4.78, 5) is 39.2. The fraction of sp³-hybridized carbons (Fsp3) is 0.500. The van der Waals surface area contributed by atoms with Crippen molar-refractivity contribution in [1.29, 1.82) is 0 Å². The van der Waals surface area contributed by atoms with Gasteiger partial charge in [-0.15, -0.1) is 0 Å². The normalized spacial score (nSPS) is 20.8. The molecule has 2 heterocycles. The maximum Gasteiger partial charge on any atom is 0.223 e. The molecule has 2 N–H and O–H groups in total. The van der Waals surface area contributed by atoms with Crippen molar-refractivity contribution >= 4 is 23.4 Å². The number of hydrogen-bond donors (Lipinski definition) is 1. The van der Waals surface area contributed by atoms with Gasteiger partial charge in [0.05, 0.1) is 0 Å². The van der Waals surface area contributed by atoms with Crippen LogP contribution >= 0.6 is 0 Å². The van der Waals surface area contributed by atoms with Gasteiger partial charge in [0, 0.05) is 50.5 Å². The molecular weight excluding hydrogens is 306 g/mol. The number of rotatable bonds is 3. The van der Waals surface area contributed by atoms with Gasteiger partial charge in [-0.2, -0.15) is 0 Å². The highest BCUT2D eigenvalue weighted by Crippen LogP contribution is 2.38. The Labute approximate surface area is 141 Å². The lowest BCUT2D eigenvalue weighted by atomic mass is 9.94. The molecule has 1 saturated heterocycles. The molecule has 24 heavy (non-hydrogen) atoms. The number of nitrogens with two attached hydrogens (primary N) is 1. The number of carbonyl (C=O) groups excluding carboxylic acids is 3. The molecule has 2 aliphatic rings. The van der Waals surface area contributed by atoms with Crippen molar-refractivity contribution < 1.29 is 14.4 Å². The number of likely N-dealkylation sites (tertiary alicyclic amines) is 1. The van der Waals surface area contributed by atoms with Crippen LogP contribution in [0.4, 0.5) is 5.69 Å². The Morgan fingerprint density at radius 2 is 1.83 bits per heavy atom. The van der Waals surface area contributed by atoms with Gasteiger partial charge in [0.2, 0.25) is 17.7 Å². The van der Waals surface area contributed by atoms with Crippen molar-refractivity contribution in [3.8, 4) is 0 Å². The summed E-state index contributed by atoms with van der Waals surface area (Å²) in [7, 11) is 0. The first kappa shape index (κ1) is 16.5. The summed E-state index contributed by atoms with van der Waals surface area (Å²) in [5.41, 5.74) is 7.31. The maximum absolute atomic E-state index is 12.6. The molecule has 1 aromatic carbocycles. The van der Waals surface area contributed by atoms with Crippen LogP contribution in [-0.2, 0) is 14.4 Å². The van der Waals surface area contributed by atoms with E-state index in [-0.39, 0.29) is 29.6 Å². The van der Waals surface area contributed by atoms with Crippen molar-refractivity contribution in [3.63, 3.8) is 0 Å². The predicted octanol–water partition coefficient (Wildman–Crippen LogP) is 1.25. The number of piperidine rings is 1. The van der Waals surface area contributed by atoms with E-state index in [2.05, 4.69) is 0 Å². The van der Waals surface area contributed by atoms with Crippen molar-refractivity contribution in [2.75, 3.05) is 24.5 Å². The quantitative estimate of drug-likeness (QED) is 0.906. The molecule has 6 heteroatoms. The minimum absolute atomic E-state index is 0.000304. The number of primary amides is 1. The molecule has 0 aliphatic carbocycles. The van der Waals surface area contributed by atoms with Crippen LogP contribution < -0.4 is 10.6 Å². The SMILES string of the molecule is CC(=O)N1CC(CC(=O)N2CCC(C(N)=O)CC2)c2ccccc21. The second-order valence-electron chi connectivity index (χ2n) is 6.65. The Kier molecular flexibility index (Phi) is 4.55. The first-order valence-electron chi connectivity index (χ1n) is 8.41. The monoisotopic (exact) mass is 329 g/mol. The van der Waals surface area contributed by atoms with Crippen LogP contribution in [0.1, 0.15) is 37.7 Å². The summed E-state index contributed by atoms with van der Waals surface area (Å²) in [5.74, 6) is -0.271. The summed E-state index contributed by atoms with van der Waals surface area (Å²) in [6.07, 6.45) is 1.67. The molecule has 0 bridgehead atoms. The van der Waals surface area contributed by atoms with Crippen LogP contribution in [0, 0.1) is 5.92 Å². The van der Waals surface area contributed by atoms with Crippen LogP contribution in [-0.4, -0.2) is 42.3 Å². The van der Waals surface area contributed by atoms with E-state index in [9.17, 15) is 14.4 Å². The molecule has 0 saturated carbocycles.